The molecular formula is C11H20O2. The number of carbonyl (C=O) groups is 1. The quantitative estimate of drug-likeness (QED) is 0.643. The van der Waals surface area contributed by atoms with Gasteiger partial charge in [-0.25, -0.2) is 0 Å². The molecule has 0 saturated heterocycles. The third kappa shape index (κ3) is 9.12. The first-order valence-electron chi connectivity index (χ1n) is 4.89. The molecule has 0 atom stereocenters. The van der Waals surface area contributed by atoms with Gasteiger partial charge in [0.15, 0.2) is 0 Å². The lowest BCUT2D eigenvalue weighted by Crippen LogP contribution is -1.92. The van der Waals surface area contributed by atoms with E-state index in [1.54, 1.807) is 0 Å². The molecule has 0 aliphatic carbocycles. The molecule has 0 bridgehead atoms. The van der Waals surface area contributed by atoms with Crippen LogP contribution in [-0.2, 0) is 4.79 Å². The Hall–Kier alpha value is -0.790. The summed E-state index contributed by atoms with van der Waals surface area (Å²) in [5.74, 6) is -0.00418. The molecule has 0 aromatic rings. The van der Waals surface area contributed by atoms with Crippen molar-refractivity contribution in [3.05, 3.63) is 11.6 Å². The minimum Gasteiger partial charge on any atom is -0.481 e. The minimum absolute atomic E-state index is 0.160. The summed E-state index contributed by atoms with van der Waals surface area (Å²) in [5, 5.41) is 8.43. The Labute approximate surface area is 80.7 Å². The van der Waals surface area contributed by atoms with E-state index in [1.807, 2.05) is 13.0 Å². The van der Waals surface area contributed by atoms with Gasteiger partial charge in [-0.2, -0.15) is 0 Å². The second-order valence-corrected chi connectivity index (χ2v) is 3.93. The SMILES string of the molecule is CC(=CCC(=O)O)CCCC(C)C. The van der Waals surface area contributed by atoms with Crippen molar-refractivity contribution in [3.63, 3.8) is 0 Å². The summed E-state index contributed by atoms with van der Waals surface area (Å²) in [4.78, 5) is 10.2. The van der Waals surface area contributed by atoms with E-state index < -0.39 is 5.97 Å². The molecule has 0 unspecified atom stereocenters. The Morgan fingerprint density at radius 3 is 2.54 bits per heavy atom. The molecule has 2 nitrogen and oxygen atoms in total. The van der Waals surface area contributed by atoms with Crippen LogP contribution < -0.4 is 0 Å². The molecule has 0 aromatic heterocycles. The van der Waals surface area contributed by atoms with Crippen molar-refractivity contribution in [3.8, 4) is 0 Å². The molecule has 0 radical (unpaired) electrons. The van der Waals surface area contributed by atoms with Gasteiger partial charge in [-0.15, -0.1) is 0 Å². The molecule has 0 aliphatic rings. The predicted molar refractivity (Wildman–Crippen MR) is 54.7 cm³/mol. The number of carboxylic acids is 1. The first-order chi connectivity index (χ1) is 6.02. The molecule has 0 fully saturated rings. The van der Waals surface area contributed by atoms with Gasteiger partial charge in [0.1, 0.15) is 0 Å². The fourth-order valence-corrected chi connectivity index (χ4v) is 1.15. The number of allylic oxidation sites excluding steroid dienone is 1. The highest BCUT2D eigenvalue weighted by Gasteiger charge is 1.96. The van der Waals surface area contributed by atoms with Gasteiger partial charge in [-0.05, 0) is 25.7 Å². The molecule has 0 heterocycles. The predicted octanol–water partition coefficient (Wildman–Crippen LogP) is 3.23. The first kappa shape index (κ1) is 12.2. The molecule has 0 aromatic carbocycles. The van der Waals surface area contributed by atoms with Crippen LogP contribution in [0.5, 0.6) is 0 Å². The monoisotopic (exact) mass is 184 g/mol. The van der Waals surface area contributed by atoms with Gasteiger partial charge in [-0.1, -0.05) is 31.9 Å². The van der Waals surface area contributed by atoms with Crippen LogP contribution in [0.15, 0.2) is 11.6 Å². The van der Waals surface area contributed by atoms with E-state index in [2.05, 4.69) is 13.8 Å². The normalized spacial score (nSPS) is 12.2. The summed E-state index contributed by atoms with van der Waals surface area (Å²) in [6, 6.07) is 0. The van der Waals surface area contributed by atoms with E-state index in [-0.39, 0.29) is 6.42 Å². The summed E-state index contributed by atoms with van der Waals surface area (Å²) < 4.78 is 0. The number of carboxylic acid groups (broad SMARTS) is 1. The Balaban J connectivity index is 3.55. The summed E-state index contributed by atoms with van der Waals surface area (Å²) in [5.41, 5.74) is 1.20. The summed E-state index contributed by atoms with van der Waals surface area (Å²) in [6.45, 7) is 6.41. The lowest BCUT2D eigenvalue weighted by Gasteiger charge is -2.04. The van der Waals surface area contributed by atoms with Gasteiger partial charge >= 0.3 is 5.97 Å². The number of aliphatic carboxylic acids is 1. The van der Waals surface area contributed by atoms with Gasteiger partial charge in [-0.3, -0.25) is 4.79 Å². The molecule has 0 rings (SSSR count). The average Bonchev–Trinajstić information content (AvgIpc) is 2.00. The zero-order chi connectivity index (χ0) is 10.3. The molecule has 0 amide bonds. The van der Waals surface area contributed by atoms with Crippen molar-refractivity contribution >= 4 is 5.97 Å². The average molecular weight is 184 g/mol. The highest BCUT2D eigenvalue weighted by molar-refractivity contribution is 5.68. The van der Waals surface area contributed by atoms with Crippen LogP contribution in [-0.4, -0.2) is 11.1 Å². The van der Waals surface area contributed by atoms with Crippen molar-refractivity contribution in [2.45, 2.75) is 46.5 Å². The van der Waals surface area contributed by atoms with Gasteiger partial charge in [0.25, 0.3) is 0 Å². The molecule has 0 aliphatic heterocycles. The van der Waals surface area contributed by atoms with Crippen molar-refractivity contribution in [2.24, 2.45) is 5.92 Å². The molecule has 0 saturated carbocycles. The van der Waals surface area contributed by atoms with E-state index in [9.17, 15) is 4.79 Å². The second kappa shape index (κ2) is 6.70. The molecule has 2 heteroatoms. The van der Waals surface area contributed by atoms with E-state index in [0.29, 0.717) is 0 Å². The smallest absolute Gasteiger partial charge is 0.307 e. The topological polar surface area (TPSA) is 37.3 Å². The van der Waals surface area contributed by atoms with Gasteiger partial charge < -0.3 is 5.11 Å². The summed E-state index contributed by atoms with van der Waals surface area (Å²) >= 11 is 0. The maximum atomic E-state index is 10.2. The lowest BCUT2D eigenvalue weighted by atomic mass is 10.0. The number of hydrogen-bond acceptors (Lipinski definition) is 1. The lowest BCUT2D eigenvalue weighted by molar-refractivity contribution is -0.136. The van der Waals surface area contributed by atoms with Gasteiger partial charge in [0.05, 0.1) is 6.42 Å². The number of hydrogen-bond donors (Lipinski definition) is 1. The minimum atomic E-state index is -0.747. The standard InChI is InChI=1S/C11H20O2/c1-9(2)5-4-6-10(3)7-8-11(12)13/h7,9H,4-6,8H2,1-3H3,(H,12,13). The Morgan fingerprint density at radius 1 is 1.46 bits per heavy atom. The molecule has 76 valence electrons. The molecule has 0 spiro atoms. The zero-order valence-corrected chi connectivity index (χ0v) is 8.84. The van der Waals surface area contributed by atoms with Crippen molar-refractivity contribution in [1.29, 1.82) is 0 Å². The number of rotatable bonds is 6. The van der Waals surface area contributed by atoms with Crippen LogP contribution in [0.2, 0.25) is 0 Å². The van der Waals surface area contributed by atoms with Crippen LogP contribution in [0.25, 0.3) is 0 Å². The molecular weight excluding hydrogens is 164 g/mol. The van der Waals surface area contributed by atoms with Gasteiger partial charge in [0.2, 0.25) is 0 Å². The maximum Gasteiger partial charge on any atom is 0.307 e. The van der Waals surface area contributed by atoms with Crippen molar-refractivity contribution in [2.75, 3.05) is 0 Å². The van der Waals surface area contributed by atoms with Crippen LogP contribution in [0.1, 0.15) is 46.5 Å². The third-order valence-electron chi connectivity index (χ3n) is 1.98. The van der Waals surface area contributed by atoms with Crippen LogP contribution in [0, 0.1) is 5.92 Å². The second-order valence-electron chi connectivity index (χ2n) is 3.93. The fraction of sp³-hybridized carbons (Fsp3) is 0.727. The zero-order valence-electron chi connectivity index (χ0n) is 8.84. The Kier molecular flexibility index (Phi) is 6.29. The van der Waals surface area contributed by atoms with E-state index in [4.69, 9.17) is 5.11 Å². The Bertz CT molecular complexity index is 181. The van der Waals surface area contributed by atoms with Crippen molar-refractivity contribution < 1.29 is 9.90 Å². The Morgan fingerprint density at radius 2 is 2.08 bits per heavy atom. The molecule has 1 N–H and O–H groups in total. The fourth-order valence-electron chi connectivity index (χ4n) is 1.15. The summed E-state index contributed by atoms with van der Waals surface area (Å²) in [7, 11) is 0. The van der Waals surface area contributed by atoms with Crippen LogP contribution >= 0.6 is 0 Å². The molecule has 13 heavy (non-hydrogen) atoms. The van der Waals surface area contributed by atoms with E-state index in [0.717, 1.165) is 12.3 Å². The van der Waals surface area contributed by atoms with Crippen LogP contribution in [0.3, 0.4) is 0 Å². The van der Waals surface area contributed by atoms with E-state index >= 15 is 0 Å². The highest BCUT2D eigenvalue weighted by Crippen LogP contribution is 2.11. The van der Waals surface area contributed by atoms with Crippen LogP contribution in [0.4, 0.5) is 0 Å². The highest BCUT2D eigenvalue weighted by atomic mass is 16.4. The van der Waals surface area contributed by atoms with E-state index in [1.165, 1.54) is 18.4 Å². The summed E-state index contributed by atoms with van der Waals surface area (Å²) in [6.07, 6.45) is 5.39. The third-order valence-corrected chi connectivity index (χ3v) is 1.98. The van der Waals surface area contributed by atoms with Gasteiger partial charge in [0, 0.05) is 0 Å². The maximum absolute atomic E-state index is 10.2. The van der Waals surface area contributed by atoms with Crippen molar-refractivity contribution in [1.82, 2.24) is 0 Å². The largest absolute Gasteiger partial charge is 0.481 e. The first-order valence-corrected chi connectivity index (χ1v) is 4.89.